The van der Waals surface area contributed by atoms with Gasteiger partial charge in [-0.2, -0.15) is 4.98 Å². The molecule has 1 unspecified atom stereocenters. The van der Waals surface area contributed by atoms with Crippen LogP contribution >= 0.6 is 11.6 Å². The number of halogens is 1. The van der Waals surface area contributed by atoms with Crippen LogP contribution in [0.2, 0.25) is 5.02 Å². The van der Waals surface area contributed by atoms with Crippen LogP contribution in [0.5, 0.6) is 0 Å². The Morgan fingerprint density at radius 3 is 2.48 bits per heavy atom. The topological polar surface area (TPSA) is 71.2 Å². The second-order valence-corrected chi connectivity index (χ2v) is 6.69. The number of rotatable bonds is 4. The van der Waals surface area contributed by atoms with Crippen LogP contribution in [0.3, 0.4) is 0 Å². The van der Waals surface area contributed by atoms with E-state index in [4.69, 9.17) is 16.1 Å². The van der Waals surface area contributed by atoms with Gasteiger partial charge in [0.25, 0.3) is 5.95 Å². The van der Waals surface area contributed by atoms with Crippen LogP contribution in [0.25, 0.3) is 0 Å². The fourth-order valence-corrected chi connectivity index (χ4v) is 2.18. The number of nitrogens with zero attached hydrogens (tertiary/aromatic N) is 2. The zero-order chi connectivity index (χ0) is 15.7. The maximum atomic E-state index is 10.6. The first-order valence-electron chi connectivity index (χ1n) is 6.75. The molecule has 21 heavy (non-hydrogen) atoms. The van der Waals surface area contributed by atoms with Gasteiger partial charge in [0.1, 0.15) is 5.60 Å². The lowest BCUT2D eigenvalue weighted by Crippen LogP contribution is -2.31. The average Bonchev–Trinajstić information content (AvgIpc) is 2.85. The molecule has 0 spiro atoms. The molecular formula is C15H20ClN3O2. The summed E-state index contributed by atoms with van der Waals surface area (Å²) in [5.41, 5.74) is -0.697. The molecule has 0 amide bonds. The van der Waals surface area contributed by atoms with E-state index in [2.05, 4.69) is 15.5 Å². The summed E-state index contributed by atoms with van der Waals surface area (Å²) in [4.78, 5) is 4.27. The Labute approximate surface area is 129 Å². The highest BCUT2D eigenvalue weighted by Gasteiger charge is 2.27. The molecule has 1 aromatic heterocycles. The SMILES string of the molecule is CC(C)(C)c1nc(NCC(C)(O)c2ccccc2Cl)no1. The molecule has 0 aliphatic carbocycles. The number of hydrogen-bond acceptors (Lipinski definition) is 5. The Hall–Kier alpha value is -1.59. The summed E-state index contributed by atoms with van der Waals surface area (Å²) in [5.74, 6) is 0.898. The number of aromatic nitrogens is 2. The summed E-state index contributed by atoms with van der Waals surface area (Å²) in [5, 5.41) is 17.9. The van der Waals surface area contributed by atoms with E-state index in [1.54, 1.807) is 19.1 Å². The molecule has 1 aromatic carbocycles. The zero-order valence-electron chi connectivity index (χ0n) is 12.6. The summed E-state index contributed by atoms with van der Waals surface area (Å²) in [6, 6.07) is 7.20. The molecule has 0 fully saturated rings. The van der Waals surface area contributed by atoms with Gasteiger partial charge in [0, 0.05) is 16.0 Å². The van der Waals surface area contributed by atoms with Crippen molar-refractivity contribution >= 4 is 17.5 Å². The molecule has 0 bridgehead atoms. The van der Waals surface area contributed by atoms with Gasteiger partial charge >= 0.3 is 0 Å². The first kappa shape index (κ1) is 15.8. The van der Waals surface area contributed by atoms with Gasteiger partial charge in [0.15, 0.2) is 0 Å². The van der Waals surface area contributed by atoms with E-state index in [9.17, 15) is 5.11 Å². The number of benzene rings is 1. The minimum atomic E-state index is -1.14. The largest absolute Gasteiger partial charge is 0.384 e. The Morgan fingerprint density at radius 2 is 1.90 bits per heavy atom. The van der Waals surface area contributed by atoms with Crippen LogP contribution in [0.4, 0.5) is 5.95 Å². The predicted octanol–water partition coefficient (Wildman–Crippen LogP) is 3.34. The molecule has 2 N–H and O–H groups in total. The van der Waals surface area contributed by atoms with Gasteiger partial charge in [0.2, 0.25) is 5.89 Å². The van der Waals surface area contributed by atoms with Gasteiger partial charge in [-0.15, -0.1) is 0 Å². The minimum absolute atomic E-state index is 0.210. The fraction of sp³-hybridized carbons (Fsp3) is 0.467. The first-order chi connectivity index (χ1) is 9.70. The molecule has 2 aromatic rings. The predicted molar refractivity (Wildman–Crippen MR) is 82.5 cm³/mol. The Bertz CT molecular complexity index is 617. The molecular weight excluding hydrogens is 290 g/mol. The van der Waals surface area contributed by atoms with Gasteiger partial charge < -0.3 is 14.9 Å². The number of aliphatic hydroxyl groups is 1. The van der Waals surface area contributed by atoms with Gasteiger partial charge in [-0.1, -0.05) is 50.6 Å². The minimum Gasteiger partial charge on any atom is -0.384 e. The highest BCUT2D eigenvalue weighted by Crippen LogP contribution is 2.28. The quantitative estimate of drug-likeness (QED) is 0.906. The lowest BCUT2D eigenvalue weighted by atomic mass is 9.96. The first-order valence-corrected chi connectivity index (χ1v) is 7.13. The van der Waals surface area contributed by atoms with Crippen LogP contribution in [0.1, 0.15) is 39.1 Å². The molecule has 5 nitrogen and oxygen atoms in total. The highest BCUT2D eigenvalue weighted by molar-refractivity contribution is 6.31. The van der Waals surface area contributed by atoms with Crippen molar-refractivity contribution in [3.63, 3.8) is 0 Å². The zero-order valence-corrected chi connectivity index (χ0v) is 13.4. The second kappa shape index (κ2) is 5.66. The Balaban J connectivity index is 2.09. The third-order valence-electron chi connectivity index (χ3n) is 3.11. The molecule has 1 atom stereocenters. The Morgan fingerprint density at radius 1 is 1.24 bits per heavy atom. The molecule has 0 saturated carbocycles. The van der Waals surface area contributed by atoms with Crippen molar-refractivity contribution in [3.05, 3.63) is 40.7 Å². The molecule has 114 valence electrons. The fourth-order valence-electron chi connectivity index (χ4n) is 1.84. The smallest absolute Gasteiger partial charge is 0.263 e. The lowest BCUT2D eigenvalue weighted by Gasteiger charge is -2.24. The molecule has 0 aliphatic rings. The maximum Gasteiger partial charge on any atom is 0.263 e. The van der Waals surface area contributed by atoms with Crippen molar-refractivity contribution in [1.82, 2.24) is 10.1 Å². The standard InChI is InChI=1S/C15H20ClN3O2/c1-14(2,3)12-18-13(19-21-12)17-9-15(4,20)10-7-5-6-8-11(10)16/h5-8,20H,9H2,1-4H3,(H,17,19). The van der Waals surface area contributed by atoms with Crippen LogP contribution < -0.4 is 5.32 Å². The third-order valence-corrected chi connectivity index (χ3v) is 3.44. The molecule has 0 aliphatic heterocycles. The normalized spacial score (nSPS) is 14.8. The monoisotopic (exact) mass is 309 g/mol. The van der Waals surface area contributed by atoms with Crippen LogP contribution in [-0.4, -0.2) is 21.8 Å². The van der Waals surface area contributed by atoms with Crippen molar-refractivity contribution in [1.29, 1.82) is 0 Å². The van der Waals surface area contributed by atoms with E-state index < -0.39 is 5.60 Å². The lowest BCUT2D eigenvalue weighted by molar-refractivity contribution is 0.0714. The summed E-state index contributed by atoms with van der Waals surface area (Å²) >= 11 is 6.12. The number of hydrogen-bond donors (Lipinski definition) is 2. The second-order valence-electron chi connectivity index (χ2n) is 6.28. The van der Waals surface area contributed by atoms with Gasteiger partial charge in [-0.3, -0.25) is 0 Å². The van der Waals surface area contributed by atoms with Gasteiger partial charge in [-0.05, 0) is 18.1 Å². The van der Waals surface area contributed by atoms with Gasteiger partial charge in [-0.25, -0.2) is 0 Å². The summed E-state index contributed by atoms with van der Waals surface area (Å²) in [6.45, 7) is 7.88. The van der Waals surface area contributed by atoms with E-state index in [1.165, 1.54) is 0 Å². The van der Waals surface area contributed by atoms with Crippen LogP contribution in [0, 0.1) is 0 Å². The number of anilines is 1. The van der Waals surface area contributed by atoms with E-state index in [-0.39, 0.29) is 12.0 Å². The molecule has 1 heterocycles. The van der Waals surface area contributed by atoms with E-state index >= 15 is 0 Å². The van der Waals surface area contributed by atoms with Crippen molar-refractivity contribution in [2.75, 3.05) is 11.9 Å². The Kier molecular flexibility index (Phi) is 4.25. The molecule has 0 radical (unpaired) electrons. The summed E-state index contributed by atoms with van der Waals surface area (Å²) < 4.78 is 5.19. The summed E-state index contributed by atoms with van der Waals surface area (Å²) in [6.07, 6.45) is 0. The molecule has 6 heteroatoms. The van der Waals surface area contributed by atoms with E-state index in [1.807, 2.05) is 32.9 Å². The van der Waals surface area contributed by atoms with Crippen LogP contribution in [-0.2, 0) is 11.0 Å². The average molecular weight is 310 g/mol. The maximum absolute atomic E-state index is 10.6. The van der Waals surface area contributed by atoms with Gasteiger partial charge in [0.05, 0.1) is 6.54 Å². The number of nitrogens with one attached hydrogen (secondary N) is 1. The molecule has 2 rings (SSSR count). The van der Waals surface area contributed by atoms with Crippen molar-refractivity contribution < 1.29 is 9.63 Å². The van der Waals surface area contributed by atoms with E-state index in [0.717, 1.165) is 0 Å². The van der Waals surface area contributed by atoms with Crippen molar-refractivity contribution in [2.45, 2.75) is 38.7 Å². The van der Waals surface area contributed by atoms with Crippen molar-refractivity contribution in [2.24, 2.45) is 0 Å². The highest BCUT2D eigenvalue weighted by atomic mass is 35.5. The molecule has 0 saturated heterocycles. The van der Waals surface area contributed by atoms with Crippen molar-refractivity contribution in [3.8, 4) is 0 Å². The van der Waals surface area contributed by atoms with Crippen LogP contribution in [0.15, 0.2) is 28.8 Å². The third kappa shape index (κ3) is 3.74. The summed E-state index contributed by atoms with van der Waals surface area (Å²) in [7, 11) is 0. The van der Waals surface area contributed by atoms with E-state index in [0.29, 0.717) is 22.4 Å².